The van der Waals surface area contributed by atoms with Crippen LogP contribution in [0, 0.1) is 11.6 Å². The van der Waals surface area contributed by atoms with E-state index >= 15 is 0 Å². The van der Waals surface area contributed by atoms with Crippen LogP contribution in [0.25, 0.3) is 0 Å². The van der Waals surface area contributed by atoms with Crippen molar-refractivity contribution >= 4 is 11.9 Å². The molecule has 1 aromatic rings. The summed E-state index contributed by atoms with van der Waals surface area (Å²) in [4.78, 5) is 23.8. The molecule has 0 heterocycles. The van der Waals surface area contributed by atoms with Gasteiger partial charge in [-0.05, 0) is 18.9 Å². The van der Waals surface area contributed by atoms with E-state index in [2.05, 4.69) is 5.32 Å². The maximum absolute atomic E-state index is 13.6. The number of halogens is 2. The van der Waals surface area contributed by atoms with Gasteiger partial charge in [0.2, 0.25) is 5.91 Å². The lowest BCUT2D eigenvalue weighted by atomic mass is 10.2. The van der Waals surface area contributed by atoms with Gasteiger partial charge in [-0.1, -0.05) is 6.07 Å². The number of hydrogen-bond donors (Lipinski definition) is 2. The van der Waals surface area contributed by atoms with Crippen molar-refractivity contribution in [2.75, 3.05) is 13.1 Å². The van der Waals surface area contributed by atoms with Crippen LogP contribution in [0.3, 0.4) is 0 Å². The van der Waals surface area contributed by atoms with Crippen LogP contribution < -0.4 is 5.32 Å². The van der Waals surface area contributed by atoms with Crippen molar-refractivity contribution in [3.05, 3.63) is 35.4 Å². The first-order chi connectivity index (χ1) is 9.95. The molecule has 2 N–H and O–H groups in total. The summed E-state index contributed by atoms with van der Waals surface area (Å²) in [6, 6.07) is 3.53. The zero-order valence-corrected chi connectivity index (χ0v) is 11.3. The molecule has 1 aliphatic carbocycles. The van der Waals surface area contributed by atoms with Gasteiger partial charge in [-0.15, -0.1) is 0 Å². The van der Waals surface area contributed by atoms with Crippen molar-refractivity contribution in [3.63, 3.8) is 0 Å². The van der Waals surface area contributed by atoms with Gasteiger partial charge >= 0.3 is 5.97 Å². The Labute approximate surface area is 120 Å². The van der Waals surface area contributed by atoms with Gasteiger partial charge in [-0.3, -0.25) is 14.5 Å². The second kappa shape index (κ2) is 6.62. The standard InChI is InChI=1S/C14H16F2N2O3/c15-10-2-1-9(12(16)5-10)7-18(11-3-4-11)8-13(19)17-6-14(20)21/h1-2,5,11H,3-4,6-8H2,(H,17,19)(H,20,21). The zero-order valence-electron chi connectivity index (χ0n) is 11.3. The van der Waals surface area contributed by atoms with Crippen molar-refractivity contribution < 1.29 is 23.5 Å². The number of nitrogens with one attached hydrogen (secondary N) is 1. The van der Waals surface area contributed by atoms with Gasteiger partial charge in [0.05, 0.1) is 6.54 Å². The molecule has 1 saturated carbocycles. The average Bonchev–Trinajstić information content (AvgIpc) is 3.23. The second-order valence-electron chi connectivity index (χ2n) is 5.04. The molecule has 21 heavy (non-hydrogen) atoms. The molecule has 0 aromatic heterocycles. The van der Waals surface area contributed by atoms with E-state index in [-0.39, 0.29) is 19.1 Å². The lowest BCUT2D eigenvalue weighted by Gasteiger charge is -2.21. The van der Waals surface area contributed by atoms with Crippen LogP contribution in [0.2, 0.25) is 0 Å². The van der Waals surface area contributed by atoms with E-state index in [9.17, 15) is 18.4 Å². The molecule has 7 heteroatoms. The molecule has 0 saturated heterocycles. The minimum Gasteiger partial charge on any atom is -0.480 e. The maximum Gasteiger partial charge on any atom is 0.322 e. The Kier molecular flexibility index (Phi) is 4.85. The second-order valence-corrected chi connectivity index (χ2v) is 5.04. The van der Waals surface area contributed by atoms with E-state index in [0.717, 1.165) is 18.9 Å². The quantitative estimate of drug-likeness (QED) is 0.792. The van der Waals surface area contributed by atoms with Crippen LogP contribution in [0.5, 0.6) is 0 Å². The van der Waals surface area contributed by atoms with E-state index in [0.29, 0.717) is 5.56 Å². The molecule has 1 fully saturated rings. The molecule has 114 valence electrons. The van der Waals surface area contributed by atoms with Gasteiger partial charge in [-0.2, -0.15) is 0 Å². The number of amides is 1. The highest BCUT2D eigenvalue weighted by Crippen LogP contribution is 2.28. The largest absolute Gasteiger partial charge is 0.480 e. The minimum atomic E-state index is -1.12. The lowest BCUT2D eigenvalue weighted by molar-refractivity contribution is -0.138. The van der Waals surface area contributed by atoms with E-state index in [4.69, 9.17) is 5.11 Å². The number of carboxylic acids is 1. The topological polar surface area (TPSA) is 69.6 Å². The SMILES string of the molecule is O=C(O)CNC(=O)CN(Cc1ccc(F)cc1F)C1CC1. The number of carboxylic acid groups (broad SMARTS) is 1. The maximum atomic E-state index is 13.6. The first-order valence-corrected chi connectivity index (χ1v) is 6.62. The Morgan fingerprint density at radius 3 is 2.62 bits per heavy atom. The molecule has 0 unspecified atom stereocenters. The number of carbonyl (C=O) groups excluding carboxylic acids is 1. The van der Waals surface area contributed by atoms with Crippen molar-refractivity contribution in [1.82, 2.24) is 10.2 Å². The fraction of sp³-hybridized carbons (Fsp3) is 0.429. The van der Waals surface area contributed by atoms with Gasteiger partial charge in [0.25, 0.3) is 0 Å². The Morgan fingerprint density at radius 2 is 2.05 bits per heavy atom. The minimum absolute atomic E-state index is 0.00520. The molecule has 5 nitrogen and oxygen atoms in total. The summed E-state index contributed by atoms with van der Waals surface area (Å²) >= 11 is 0. The fourth-order valence-corrected chi connectivity index (χ4v) is 2.04. The molecule has 0 spiro atoms. The molecular weight excluding hydrogens is 282 g/mol. The molecule has 2 rings (SSSR count). The van der Waals surface area contributed by atoms with Crippen LogP contribution >= 0.6 is 0 Å². The van der Waals surface area contributed by atoms with E-state index in [1.54, 1.807) is 4.90 Å². The number of benzene rings is 1. The van der Waals surface area contributed by atoms with Gasteiger partial charge in [0.1, 0.15) is 18.2 Å². The summed E-state index contributed by atoms with van der Waals surface area (Å²) in [5.74, 6) is -2.84. The molecule has 1 aromatic carbocycles. The van der Waals surface area contributed by atoms with Crippen molar-refractivity contribution in [2.45, 2.75) is 25.4 Å². The average molecular weight is 298 g/mol. The van der Waals surface area contributed by atoms with Crippen molar-refractivity contribution in [2.24, 2.45) is 0 Å². The predicted octanol–water partition coefficient (Wildman–Crippen LogP) is 1.13. The normalized spacial score (nSPS) is 14.2. The van der Waals surface area contributed by atoms with Crippen LogP contribution in [0.4, 0.5) is 8.78 Å². The van der Waals surface area contributed by atoms with Crippen molar-refractivity contribution in [1.29, 1.82) is 0 Å². The van der Waals surface area contributed by atoms with E-state index in [1.165, 1.54) is 12.1 Å². The van der Waals surface area contributed by atoms with E-state index < -0.39 is 30.1 Å². The zero-order chi connectivity index (χ0) is 15.4. The summed E-state index contributed by atoms with van der Waals surface area (Å²) in [6.45, 7) is -0.256. The number of nitrogens with zero attached hydrogens (tertiary/aromatic N) is 1. The van der Waals surface area contributed by atoms with E-state index in [1.807, 2.05) is 0 Å². The van der Waals surface area contributed by atoms with Crippen LogP contribution in [-0.4, -0.2) is 41.0 Å². The highest BCUT2D eigenvalue weighted by atomic mass is 19.1. The molecule has 0 radical (unpaired) electrons. The third kappa shape index (κ3) is 4.78. The summed E-state index contributed by atoms with van der Waals surface area (Å²) in [6.07, 6.45) is 1.82. The van der Waals surface area contributed by atoms with Gasteiger partial charge in [0, 0.05) is 24.2 Å². The van der Waals surface area contributed by atoms with Crippen LogP contribution in [-0.2, 0) is 16.1 Å². The third-order valence-corrected chi connectivity index (χ3v) is 3.24. The molecule has 1 aliphatic rings. The first-order valence-electron chi connectivity index (χ1n) is 6.62. The Hall–Kier alpha value is -2.02. The van der Waals surface area contributed by atoms with Crippen molar-refractivity contribution in [3.8, 4) is 0 Å². The fourth-order valence-electron chi connectivity index (χ4n) is 2.04. The first kappa shape index (κ1) is 15.4. The molecule has 0 atom stereocenters. The number of rotatable bonds is 7. The number of aliphatic carboxylic acids is 1. The van der Waals surface area contributed by atoms with Gasteiger partial charge < -0.3 is 10.4 Å². The number of carbonyl (C=O) groups is 2. The summed E-state index contributed by atoms with van der Waals surface area (Å²) in [5.41, 5.74) is 0.314. The van der Waals surface area contributed by atoms with Crippen LogP contribution in [0.15, 0.2) is 18.2 Å². The molecule has 0 aliphatic heterocycles. The summed E-state index contributed by atoms with van der Waals surface area (Å²) in [5, 5.41) is 10.8. The smallest absolute Gasteiger partial charge is 0.322 e. The Balaban J connectivity index is 1.96. The molecular formula is C14H16F2N2O3. The van der Waals surface area contributed by atoms with Gasteiger partial charge in [-0.25, -0.2) is 8.78 Å². The molecule has 1 amide bonds. The third-order valence-electron chi connectivity index (χ3n) is 3.24. The lowest BCUT2D eigenvalue weighted by Crippen LogP contribution is -2.40. The highest BCUT2D eigenvalue weighted by Gasteiger charge is 2.30. The number of hydrogen-bond acceptors (Lipinski definition) is 3. The summed E-state index contributed by atoms with van der Waals surface area (Å²) in [7, 11) is 0. The van der Waals surface area contributed by atoms with Gasteiger partial charge in [0.15, 0.2) is 0 Å². The van der Waals surface area contributed by atoms with Crippen LogP contribution in [0.1, 0.15) is 18.4 Å². The Morgan fingerprint density at radius 1 is 1.33 bits per heavy atom. The predicted molar refractivity (Wildman–Crippen MR) is 70.4 cm³/mol. The molecule has 0 bridgehead atoms. The summed E-state index contributed by atoms with van der Waals surface area (Å²) < 4.78 is 26.5. The highest BCUT2D eigenvalue weighted by molar-refractivity contribution is 5.82. The monoisotopic (exact) mass is 298 g/mol. The Bertz CT molecular complexity index is 547.